The Balaban J connectivity index is 1.73. The fourth-order valence-electron chi connectivity index (χ4n) is 3.40. The van der Waals surface area contributed by atoms with Crippen LogP contribution in [0.3, 0.4) is 0 Å². The lowest BCUT2D eigenvalue weighted by molar-refractivity contribution is 0.0737. The van der Waals surface area contributed by atoms with Gasteiger partial charge >= 0.3 is 0 Å². The highest BCUT2D eigenvalue weighted by Gasteiger charge is 2.31. The number of aromatic nitrogens is 2. The van der Waals surface area contributed by atoms with E-state index in [2.05, 4.69) is 9.97 Å². The molecule has 1 aliphatic heterocycles. The van der Waals surface area contributed by atoms with Crippen LogP contribution in [0, 0.1) is 5.82 Å². The van der Waals surface area contributed by atoms with Gasteiger partial charge in [0.05, 0.1) is 23.3 Å². The largest absolute Gasteiger partial charge is 0.332 e. The number of amides is 1. The maximum atomic E-state index is 13.6. The van der Waals surface area contributed by atoms with Gasteiger partial charge < -0.3 is 4.90 Å². The number of pyridine rings is 2. The van der Waals surface area contributed by atoms with Crippen LogP contribution in [-0.2, 0) is 0 Å². The number of nitrogens with zero attached hydrogens (tertiary/aromatic N) is 3. The van der Waals surface area contributed by atoms with Crippen LogP contribution in [0.2, 0.25) is 0 Å². The van der Waals surface area contributed by atoms with Crippen LogP contribution in [-0.4, -0.2) is 27.3 Å². The summed E-state index contributed by atoms with van der Waals surface area (Å²) in [5.74, 6) is -0.351. The van der Waals surface area contributed by atoms with E-state index in [9.17, 15) is 9.18 Å². The molecule has 1 unspecified atom stereocenters. The SMILES string of the molecule is O=C(c1cncc2ncccc12)N1CCCC1c1cccc(F)c1. The van der Waals surface area contributed by atoms with Crippen molar-refractivity contribution in [2.24, 2.45) is 0 Å². The molecule has 120 valence electrons. The van der Waals surface area contributed by atoms with Gasteiger partial charge in [0.25, 0.3) is 5.91 Å². The number of rotatable bonds is 2. The molecule has 0 radical (unpaired) electrons. The number of carbonyl (C=O) groups excluding carboxylic acids is 1. The summed E-state index contributed by atoms with van der Waals surface area (Å²) < 4.78 is 13.6. The van der Waals surface area contributed by atoms with Crippen molar-refractivity contribution in [3.63, 3.8) is 0 Å². The third kappa shape index (κ3) is 2.52. The Hall–Kier alpha value is -2.82. The van der Waals surface area contributed by atoms with Crippen LogP contribution < -0.4 is 0 Å². The molecule has 3 aromatic rings. The van der Waals surface area contributed by atoms with E-state index in [-0.39, 0.29) is 17.8 Å². The van der Waals surface area contributed by atoms with Gasteiger partial charge in [-0.1, -0.05) is 18.2 Å². The van der Waals surface area contributed by atoms with Crippen molar-refractivity contribution in [1.29, 1.82) is 0 Å². The van der Waals surface area contributed by atoms with Crippen molar-refractivity contribution < 1.29 is 9.18 Å². The number of hydrogen-bond acceptors (Lipinski definition) is 3. The van der Waals surface area contributed by atoms with E-state index in [1.165, 1.54) is 12.1 Å². The van der Waals surface area contributed by atoms with E-state index in [4.69, 9.17) is 0 Å². The molecule has 2 aromatic heterocycles. The summed E-state index contributed by atoms with van der Waals surface area (Å²) in [6.45, 7) is 0.663. The third-order valence-corrected chi connectivity index (χ3v) is 4.51. The van der Waals surface area contributed by atoms with Crippen molar-refractivity contribution in [3.05, 3.63) is 71.9 Å². The number of benzene rings is 1. The van der Waals surface area contributed by atoms with Gasteiger partial charge in [0.1, 0.15) is 5.82 Å². The zero-order chi connectivity index (χ0) is 16.5. The molecule has 0 spiro atoms. The smallest absolute Gasteiger partial charge is 0.256 e. The Morgan fingerprint density at radius 2 is 2.12 bits per heavy atom. The topological polar surface area (TPSA) is 46.1 Å². The summed E-state index contributed by atoms with van der Waals surface area (Å²) in [7, 11) is 0. The van der Waals surface area contributed by atoms with Crippen molar-refractivity contribution >= 4 is 16.8 Å². The summed E-state index contributed by atoms with van der Waals surface area (Å²) in [4.78, 5) is 23.3. The van der Waals surface area contributed by atoms with E-state index in [0.717, 1.165) is 23.8 Å². The minimum absolute atomic E-state index is 0.0761. The van der Waals surface area contributed by atoms with E-state index in [1.807, 2.05) is 23.1 Å². The molecule has 4 nitrogen and oxygen atoms in total. The zero-order valence-corrected chi connectivity index (χ0v) is 13.0. The Labute approximate surface area is 139 Å². The van der Waals surface area contributed by atoms with Gasteiger partial charge in [-0.2, -0.15) is 0 Å². The molecular weight excluding hydrogens is 305 g/mol. The first-order chi connectivity index (χ1) is 11.7. The average Bonchev–Trinajstić information content (AvgIpc) is 3.10. The molecule has 1 atom stereocenters. The minimum atomic E-state index is -0.275. The first kappa shape index (κ1) is 14.8. The van der Waals surface area contributed by atoms with Crippen molar-refractivity contribution in [2.45, 2.75) is 18.9 Å². The number of halogens is 1. The summed E-state index contributed by atoms with van der Waals surface area (Å²) in [5.41, 5.74) is 2.08. The molecule has 1 amide bonds. The van der Waals surface area contributed by atoms with Crippen molar-refractivity contribution in [1.82, 2.24) is 14.9 Å². The van der Waals surface area contributed by atoms with Crippen molar-refractivity contribution in [2.75, 3.05) is 6.54 Å². The van der Waals surface area contributed by atoms with Gasteiger partial charge in [-0.3, -0.25) is 14.8 Å². The highest BCUT2D eigenvalue weighted by molar-refractivity contribution is 6.05. The van der Waals surface area contributed by atoms with Gasteiger partial charge in [0.2, 0.25) is 0 Å². The van der Waals surface area contributed by atoms with Crippen LogP contribution in [0.4, 0.5) is 4.39 Å². The number of carbonyl (C=O) groups is 1. The molecule has 4 rings (SSSR count). The van der Waals surface area contributed by atoms with E-state index < -0.39 is 0 Å². The highest BCUT2D eigenvalue weighted by Crippen LogP contribution is 2.34. The Kier molecular flexibility index (Phi) is 3.69. The van der Waals surface area contributed by atoms with E-state index >= 15 is 0 Å². The van der Waals surface area contributed by atoms with Crippen LogP contribution in [0.5, 0.6) is 0 Å². The first-order valence-corrected chi connectivity index (χ1v) is 7.99. The minimum Gasteiger partial charge on any atom is -0.332 e. The Morgan fingerprint density at radius 3 is 3.00 bits per heavy atom. The normalized spacial score (nSPS) is 17.4. The molecule has 3 heterocycles. The van der Waals surface area contributed by atoms with Crippen molar-refractivity contribution in [3.8, 4) is 0 Å². The predicted octanol–water partition coefficient (Wildman–Crippen LogP) is 3.75. The molecule has 1 aliphatic rings. The highest BCUT2D eigenvalue weighted by atomic mass is 19.1. The lowest BCUT2D eigenvalue weighted by Crippen LogP contribution is -2.30. The maximum Gasteiger partial charge on any atom is 0.256 e. The number of likely N-dealkylation sites (tertiary alicyclic amines) is 1. The molecule has 1 aromatic carbocycles. The molecule has 1 fully saturated rings. The van der Waals surface area contributed by atoms with Gasteiger partial charge in [-0.25, -0.2) is 4.39 Å². The first-order valence-electron chi connectivity index (χ1n) is 7.99. The summed E-state index contributed by atoms with van der Waals surface area (Å²) in [6, 6.07) is 10.1. The maximum absolute atomic E-state index is 13.6. The lowest BCUT2D eigenvalue weighted by atomic mass is 10.0. The fourth-order valence-corrected chi connectivity index (χ4v) is 3.40. The Bertz CT molecular complexity index is 907. The standard InChI is InChI=1S/C19H16FN3O/c20-14-5-1-4-13(10-14)18-7-3-9-23(18)19(24)16-11-21-12-17-15(16)6-2-8-22-17/h1-2,4-6,8,10-12,18H,3,7,9H2. The summed E-state index contributed by atoms with van der Waals surface area (Å²) >= 11 is 0. The quantitative estimate of drug-likeness (QED) is 0.722. The second kappa shape index (κ2) is 6.00. The van der Waals surface area contributed by atoms with E-state index in [0.29, 0.717) is 17.6 Å². The molecule has 24 heavy (non-hydrogen) atoms. The fraction of sp³-hybridized carbons (Fsp3) is 0.211. The summed E-state index contributed by atoms with van der Waals surface area (Å²) in [6.07, 6.45) is 6.67. The molecule has 0 bridgehead atoms. The van der Waals surface area contributed by atoms with Gasteiger partial charge in [-0.15, -0.1) is 0 Å². The second-order valence-electron chi connectivity index (χ2n) is 5.97. The molecule has 5 heteroatoms. The van der Waals surface area contributed by atoms with Crippen LogP contribution in [0.1, 0.15) is 34.8 Å². The van der Waals surface area contributed by atoms with Gasteiger partial charge in [-0.05, 0) is 36.6 Å². The van der Waals surface area contributed by atoms with Gasteiger partial charge in [0, 0.05) is 24.3 Å². The van der Waals surface area contributed by atoms with Crippen LogP contribution in [0.25, 0.3) is 10.9 Å². The number of fused-ring (bicyclic) bond motifs is 1. The zero-order valence-electron chi connectivity index (χ0n) is 13.0. The molecule has 1 saturated heterocycles. The van der Waals surface area contributed by atoms with Crippen LogP contribution >= 0.6 is 0 Å². The van der Waals surface area contributed by atoms with Crippen LogP contribution in [0.15, 0.2) is 55.0 Å². The molecular formula is C19H16FN3O. The molecule has 0 N–H and O–H groups in total. The Morgan fingerprint density at radius 1 is 1.21 bits per heavy atom. The van der Waals surface area contributed by atoms with Gasteiger partial charge in [0.15, 0.2) is 0 Å². The number of hydrogen-bond donors (Lipinski definition) is 0. The molecule has 0 saturated carbocycles. The predicted molar refractivity (Wildman–Crippen MR) is 88.9 cm³/mol. The molecule has 0 aliphatic carbocycles. The second-order valence-corrected chi connectivity index (χ2v) is 5.97. The van der Waals surface area contributed by atoms with E-state index in [1.54, 1.807) is 24.7 Å². The lowest BCUT2D eigenvalue weighted by Gasteiger charge is -2.25. The monoisotopic (exact) mass is 321 g/mol. The average molecular weight is 321 g/mol. The summed E-state index contributed by atoms with van der Waals surface area (Å²) in [5, 5.41) is 0.794. The third-order valence-electron chi connectivity index (χ3n) is 4.51.